The number of hydrogen-bond acceptors (Lipinski definition) is 2. The Morgan fingerprint density at radius 2 is 1.93 bits per heavy atom. The van der Waals surface area contributed by atoms with Gasteiger partial charge in [0, 0.05) is 17.2 Å². The molecule has 0 saturated carbocycles. The number of amides is 1. The van der Waals surface area contributed by atoms with Gasteiger partial charge in [0.15, 0.2) is 5.82 Å². The van der Waals surface area contributed by atoms with Crippen LogP contribution in [-0.4, -0.2) is 16.1 Å². The Morgan fingerprint density at radius 1 is 1.33 bits per heavy atom. The Kier molecular flexibility index (Phi) is 3.50. The van der Waals surface area contributed by atoms with E-state index in [1.807, 2.05) is 34.6 Å². The summed E-state index contributed by atoms with van der Waals surface area (Å²) in [5.74, 6) is 1.01. The van der Waals surface area contributed by atoms with E-state index >= 15 is 0 Å². The molecule has 0 saturated heterocycles. The van der Waals surface area contributed by atoms with Crippen molar-refractivity contribution in [2.75, 3.05) is 5.32 Å². The quantitative estimate of drug-likeness (QED) is 0.802. The molecule has 1 unspecified atom stereocenters. The molecule has 0 aliphatic heterocycles. The third kappa shape index (κ3) is 2.58. The normalized spacial score (nSPS) is 12.9. The van der Waals surface area contributed by atoms with E-state index in [2.05, 4.69) is 15.5 Å². The summed E-state index contributed by atoms with van der Waals surface area (Å²) in [6.07, 6.45) is 0. The van der Waals surface area contributed by atoms with Crippen LogP contribution >= 0.6 is 0 Å². The van der Waals surface area contributed by atoms with Crippen LogP contribution in [0.15, 0.2) is 0 Å². The van der Waals surface area contributed by atoms with E-state index in [9.17, 15) is 4.79 Å². The lowest BCUT2D eigenvalue weighted by Crippen LogP contribution is -2.24. The van der Waals surface area contributed by atoms with Crippen molar-refractivity contribution in [3.8, 4) is 0 Å². The number of anilines is 1. The van der Waals surface area contributed by atoms with Crippen LogP contribution in [0.3, 0.4) is 0 Å². The topological polar surface area (TPSA) is 57.8 Å². The molecular formula is C11H19N3O. The fourth-order valence-corrected chi connectivity index (χ4v) is 1.14. The molecule has 84 valence electrons. The molecule has 0 fully saturated rings. The number of carbonyl (C=O) groups is 1. The Bertz CT molecular complexity index is 355. The summed E-state index contributed by atoms with van der Waals surface area (Å²) in [5.41, 5.74) is 1.99. The zero-order chi connectivity index (χ0) is 11.6. The number of aromatic amines is 1. The first-order chi connectivity index (χ1) is 6.93. The summed E-state index contributed by atoms with van der Waals surface area (Å²) in [4.78, 5) is 11.8. The van der Waals surface area contributed by atoms with Crippen molar-refractivity contribution in [3.63, 3.8) is 0 Å². The average molecular weight is 209 g/mol. The maximum absolute atomic E-state index is 11.8. The predicted octanol–water partition coefficient (Wildman–Crippen LogP) is 2.26. The molecule has 1 rings (SSSR count). The summed E-state index contributed by atoms with van der Waals surface area (Å²) in [7, 11) is 0. The third-order valence-corrected chi connectivity index (χ3v) is 2.91. The molecule has 0 aromatic carbocycles. The van der Waals surface area contributed by atoms with Gasteiger partial charge < -0.3 is 5.32 Å². The predicted molar refractivity (Wildman–Crippen MR) is 60.7 cm³/mol. The second-order valence-corrected chi connectivity index (χ2v) is 4.34. The number of carbonyl (C=O) groups excluding carboxylic acids is 1. The number of hydrogen-bond donors (Lipinski definition) is 2. The van der Waals surface area contributed by atoms with E-state index in [4.69, 9.17) is 0 Å². The maximum atomic E-state index is 11.8. The molecular weight excluding hydrogens is 190 g/mol. The standard InChI is InChI=1S/C11H19N3O/c1-6(2)7(3)11(15)12-10-8(4)9(5)13-14-10/h6-7H,1-5H3,(H2,12,13,14,15). The highest BCUT2D eigenvalue weighted by Crippen LogP contribution is 2.17. The molecule has 0 spiro atoms. The molecule has 1 amide bonds. The smallest absolute Gasteiger partial charge is 0.228 e. The molecule has 4 nitrogen and oxygen atoms in total. The second kappa shape index (κ2) is 4.47. The van der Waals surface area contributed by atoms with Crippen molar-refractivity contribution >= 4 is 11.7 Å². The second-order valence-electron chi connectivity index (χ2n) is 4.34. The van der Waals surface area contributed by atoms with Crippen molar-refractivity contribution in [1.29, 1.82) is 0 Å². The van der Waals surface area contributed by atoms with Gasteiger partial charge in [-0.05, 0) is 19.8 Å². The first kappa shape index (κ1) is 11.8. The van der Waals surface area contributed by atoms with Crippen LogP contribution in [0.5, 0.6) is 0 Å². The average Bonchev–Trinajstić information content (AvgIpc) is 2.48. The summed E-state index contributed by atoms with van der Waals surface area (Å²) in [6, 6.07) is 0. The van der Waals surface area contributed by atoms with Gasteiger partial charge in [-0.1, -0.05) is 20.8 Å². The van der Waals surface area contributed by atoms with Crippen molar-refractivity contribution in [2.45, 2.75) is 34.6 Å². The SMILES string of the molecule is Cc1[nH]nc(NC(=O)C(C)C(C)C)c1C. The largest absolute Gasteiger partial charge is 0.309 e. The number of nitrogens with one attached hydrogen (secondary N) is 2. The van der Waals surface area contributed by atoms with Crippen LogP contribution < -0.4 is 5.32 Å². The minimum Gasteiger partial charge on any atom is -0.309 e. The lowest BCUT2D eigenvalue weighted by atomic mass is 9.97. The van der Waals surface area contributed by atoms with E-state index < -0.39 is 0 Å². The van der Waals surface area contributed by atoms with Crippen LogP contribution in [0.4, 0.5) is 5.82 Å². The summed E-state index contributed by atoms with van der Waals surface area (Å²) in [5, 5.41) is 9.72. The highest BCUT2D eigenvalue weighted by atomic mass is 16.1. The Morgan fingerprint density at radius 3 is 2.33 bits per heavy atom. The minimum absolute atomic E-state index is 0.00130. The van der Waals surface area contributed by atoms with Gasteiger partial charge in [0.2, 0.25) is 5.91 Å². The zero-order valence-corrected chi connectivity index (χ0v) is 10.0. The lowest BCUT2D eigenvalue weighted by Gasteiger charge is -2.14. The summed E-state index contributed by atoms with van der Waals surface area (Å²) >= 11 is 0. The van der Waals surface area contributed by atoms with Crippen LogP contribution in [0.1, 0.15) is 32.0 Å². The molecule has 0 bridgehead atoms. The van der Waals surface area contributed by atoms with Crippen molar-refractivity contribution < 1.29 is 4.79 Å². The molecule has 1 aromatic rings. The molecule has 0 aliphatic carbocycles. The fraction of sp³-hybridized carbons (Fsp3) is 0.636. The first-order valence-electron chi connectivity index (χ1n) is 5.26. The van der Waals surface area contributed by atoms with Gasteiger partial charge in [-0.2, -0.15) is 5.10 Å². The molecule has 2 N–H and O–H groups in total. The number of aryl methyl sites for hydroxylation is 1. The maximum Gasteiger partial charge on any atom is 0.228 e. The van der Waals surface area contributed by atoms with Gasteiger partial charge in [-0.3, -0.25) is 9.89 Å². The zero-order valence-electron chi connectivity index (χ0n) is 10.0. The molecule has 0 aliphatic rings. The molecule has 1 atom stereocenters. The minimum atomic E-state index is 0.00130. The summed E-state index contributed by atoms with van der Waals surface area (Å²) in [6.45, 7) is 9.87. The molecule has 0 radical (unpaired) electrons. The first-order valence-corrected chi connectivity index (χ1v) is 5.26. The van der Waals surface area contributed by atoms with E-state index in [1.165, 1.54) is 0 Å². The van der Waals surface area contributed by atoms with Crippen LogP contribution in [0.2, 0.25) is 0 Å². The Balaban J connectivity index is 2.71. The van der Waals surface area contributed by atoms with Gasteiger partial charge in [0.1, 0.15) is 0 Å². The van der Waals surface area contributed by atoms with E-state index in [0.717, 1.165) is 11.3 Å². The van der Waals surface area contributed by atoms with Gasteiger partial charge in [-0.15, -0.1) is 0 Å². The summed E-state index contributed by atoms with van der Waals surface area (Å²) < 4.78 is 0. The van der Waals surface area contributed by atoms with E-state index in [0.29, 0.717) is 11.7 Å². The monoisotopic (exact) mass is 209 g/mol. The Labute approximate surface area is 90.5 Å². The number of H-pyrrole nitrogens is 1. The highest BCUT2D eigenvalue weighted by molar-refractivity contribution is 5.92. The Hall–Kier alpha value is -1.32. The number of nitrogens with zero attached hydrogens (tertiary/aromatic N) is 1. The van der Waals surface area contributed by atoms with Crippen LogP contribution in [0, 0.1) is 25.7 Å². The fourth-order valence-electron chi connectivity index (χ4n) is 1.14. The molecule has 4 heteroatoms. The van der Waals surface area contributed by atoms with Crippen molar-refractivity contribution in [1.82, 2.24) is 10.2 Å². The van der Waals surface area contributed by atoms with E-state index in [1.54, 1.807) is 0 Å². The third-order valence-electron chi connectivity index (χ3n) is 2.91. The van der Waals surface area contributed by atoms with Gasteiger partial charge in [-0.25, -0.2) is 0 Å². The van der Waals surface area contributed by atoms with Crippen molar-refractivity contribution in [2.24, 2.45) is 11.8 Å². The molecule has 1 aromatic heterocycles. The lowest BCUT2D eigenvalue weighted by molar-refractivity contribution is -0.120. The van der Waals surface area contributed by atoms with Gasteiger partial charge in [0.05, 0.1) is 0 Å². The molecule has 1 heterocycles. The van der Waals surface area contributed by atoms with Crippen LogP contribution in [0.25, 0.3) is 0 Å². The number of rotatable bonds is 3. The number of aromatic nitrogens is 2. The molecule has 15 heavy (non-hydrogen) atoms. The highest BCUT2D eigenvalue weighted by Gasteiger charge is 2.18. The van der Waals surface area contributed by atoms with Gasteiger partial charge in [0.25, 0.3) is 0 Å². The van der Waals surface area contributed by atoms with E-state index in [-0.39, 0.29) is 11.8 Å². The van der Waals surface area contributed by atoms with Crippen LogP contribution in [-0.2, 0) is 4.79 Å². The van der Waals surface area contributed by atoms with Crippen molar-refractivity contribution in [3.05, 3.63) is 11.3 Å². The van der Waals surface area contributed by atoms with Gasteiger partial charge >= 0.3 is 0 Å².